The van der Waals surface area contributed by atoms with Crippen molar-refractivity contribution in [2.75, 3.05) is 6.61 Å². The molecule has 0 saturated heterocycles. The van der Waals surface area contributed by atoms with Gasteiger partial charge in [-0.1, -0.05) is 6.07 Å². The van der Waals surface area contributed by atoms with Crippen molar-refractivity contribution in [1.29, 1.82) is 0 Å². The first-order valence-electron chi connectivity index (χ1n) is 4.52. The van der Waals surface area contributed by atoms with Crippen molar-refractivity contribution in [1.82, 2.24) is 5.43 Å². The van der Waals surface area contributed by atoms with Crippen LogP contribution >= 0.6 is 15.9 Å². The van der Waals surface area contributed by atoms with Crippen LogP contribution in [0, 0.1) is 6.92 Å². The number of carbonyl (C=O) groups is 1. The molecule has 4 nitrogen and oxygen atoms in total. The Labute approximate surface area is 96.9 Å². The predicted molar refractivity (Wildman–Crippen MR) is 61.3 cm³/mol. The highest BCUT2D eigenvalue weighted by Gasteiger charge is 2.02. The zero-order valence-electron chi connectivity index (χ0n) is 8.42. The summed E-state index contributed by atoms with van der Waals surface area (Å²) in [6, 6.07) is 5.77. The number of benzene rings is 1. The fourth-order valence-electron chi connectivity index (χ4n) is 1.05. The number of nitrogens with two attached hydrogens (primary N) is 1. The summed E-state index contributed by atoms with van der Waals surface area (Å²) in [5.41, 5.74) is 3.19. The largest absolute Gasteiger partial charge is 0.492 e. The van der Waals surface area contributed by atoms with Gasteiger partial charge in [-0.2, -0.15) is 0 Å². The lowest BCUT2D eigenvalue weighted by molar-refractivity contribution is -0.121. The van der Waals surface area contributed by atoms with Gasteiger partial charge in [0.05, 0.1) is 17.5 Å². The van der Waals surface area contributed by atoms with Crippen LogP contribution in [0.1, 0.15) is 12.0 Å². The molecule has 1 aromatic rings. The van der Waals surface area contributed by atoms with Crippen LogP contribution in [0.15, 0.2) is 22.7 Å². The van der Waals surface area contributed by atoms with E-state index in [-0.39, 0.29) is 12.3 Å². The Morgan fingerprint density at radius 2 is 2.33 bits per heavy atom. The Balaban J connectivity index is 2.47. The first kappa shape index (κ1) is 12.0. The summed E-state index contributed by atoms with van der Waals surface area (Å²) < 4.78 is 6.29. The highest BCUT2D eigenvalue weighted by atomic mass is 79.9. The van der Waals surface area contributed by atoms with Gasteiger partial charge in [-0.15, -0.1) is 0 Å². The van der Waals surface area contributed by atoms with Crippen molar-refractivity contribution >= 4 is 21.8 Å². The van der Waals surface area contributed by atoms with Gasteiger partial charge in [0.15, 0.2) is 0 Å². The van der Waals surface area contributed by atoms with E-state index in [1.165, 1.54) is 0 Å². The average molecular weight is 273 g/mol. The summed E-state index contributed by atoms with van der Waals surface area (Å²) in [6.45, 7) is 2.31. The van der Waals surface area contributed by atoms with E-state index < -0.39 is 0 Å². The number of aryl methyl sites for hydroxylation is 1. The number of halogens is 1. The molecule has 3 N–H and O–H groups in total. The summed E-state index contributed by atoms with van der Waals surface area (Å²) in [5.74, 6) is 5.43. The third-order valence-electron chi connectivity index (χ3n) is 1.84. The van der Waals surface area contributed by atoms with Gasteiger partial charge in [0.2, 0.25) is 5.91 Å². The second-order valence-corrected chi connectivity index (χ2v) is 3.95. The minimum absolute atomic E-state index is 0.238. The molecule has 0 heterocycles. The van der Waals surface area contributed by atoms with Gasteiger partial charge < -0.3 is 4.74 Å². The number of rotatable bonds is 4. The molecule has 0 aliphatic carbocycles. The maximum Gasteiger partial charge on any atom is 0.237 e. The lowest BCUT2D eigenvalue weighted by Crippen LogP contribution is -2.31. The van der Waals surface area contributed by atoms with Crippen LogP contribution in [-0.4, -0.2) is 12.5 Å². The second-order valence-electron chi connectivity index (χ2n) is 3.10. The molecule has 0 radical (unpaired) electrons. The second kappa shape index (κ2) is 5.72. The normalized spacial score (nSPS) is 9.80. The summed E-state index contributed by atoms with van der Waals surface area (Å²) in [4.78, 5) is 10.8. The molecule has 0 atom stereocenters. The topological polar surface area (TPSA) is 64.3 Å². The number of ether oxygens (including phenoxy) is 1. The monoisotopic (exact) mass is 272 g/mol. The van der Waals surface area contributed by atoms with Gasteiger partial charge in [-0.05, 0) is 40.5 Å². The van der Waals surface area contributed by atoms with Crippen molar-refractivity contribution < 1.29 is 9.53 Å². The fraction of sp³-hybridized carbons (Fsp3) is 0.300. The summed E-state index contributed by atoms with van der Waals surface area (Å²) >= 11 is 3.38. The highest BCUT2D eigenvalue weighted by molar-refractivity contribution is 9.10. The molecule has 0 bridgehead atoms. The summed E-state index contributed by atoms with van der Waals surface area (Å²) in [5, 5.41) is 0. The van der Waals surface area contributed by atoms with Crippen molar-refractivity contribution in [2.45, 2.75) is 13.3 Å². The standard InChI is InChI=1S/C10H13BrN2O2/c1-7-2-3-9(8(11)6-7)15-5-4-10(14)13-12/h2-3,6H,4-5,12H2,1H3,(H,13,14). The molecular formula is C10H13BrN2O2. The van der Waals surface area contributed by atoms with Gasteiger partial charge in [-0.25, -0.2) is 5.84 Å². The van der Waals surface area contributed by atoms with E-state index in [1.54, 1.807) is 0 Å². The molecule has 0 aliphatic rings. The number of nitrogens with one attached hydrogen (secondary N) is 1. The van der Waals surface area contributed by atoms with Crippen LogP contribution in [0.2, 0.25) is 0 Å². The molecule has 0 aromatic heterocycles. The van der Waals surface area contributed by atoms with E-state index in [0.717, 1.165) is 15.8 Å². The number of carbonyl (C=O) groups excluding carboxylic acids is 1. The van der Waals surface area contributed by atoms with Gasteiger partial charge in [0.1, 0.15) is 5.75 Å². The van der Waals surface area contributed by atoms with E-state index in [1.807, 2.05) is 30.5 Å². The first-order valence-corrected chi connectivity index (χ1v) is 5.31. The summed E-state index contributed by atoms with van der Waals surface area (Å²) in [7, 11) is 0. The molecule has 0 saturated carbocycles. The third-order valence-corrected chi connectivity index (χ3v) is 2.45. The van der Waals surface area contributed by atoms with Crippen molar-refractivity contribution in [3.8, 4) is 5.75 Å². The van der Waals surface area contributed by atoms with E-state index >= 15 is 0 Å². The lowest BCUT2D eigenvalue weighted by Gasteiger charge is -2.07. The zero-order valence-corrected chi connectivity index (χ0v) is 10.0. The third kappa shape index (κ3) is 3.89. The zero-order chi connectivity index (χ0) is 11.3. The highest BCUT2D eigenvalue weighted by Crippen LogP contribution is 2.25. The molecule has 0 spiro atoms. The predicted octanol–water partition coefficient (Wildman–Crippen LogP) is 1.52. The van der Waals surface area contributed by atoms with Crippen LogP contribution in [0.3, 0.4) is 0 Å². The van der Waals surface area contributed by atoms with Crippen LogP contribution in [-0.2, 0) is 4.79 Å². The Kier molecular flexibility index (Phi) is 4.58. The molecule has 0 unspecified atom stereocenters. The number of hydrogen-bond donors (Lipinski definition) is 2. The van der Waals surface area contributed by atoms with E-state index in [2.05, 4.69) is 15.9 Å². The Hall–Kier alpha value is -1.07. The Morgan fingerprint density at radius 1 is 1.60 bits per heavy atom. The lowest BCUT2D eigenvalue weighted by atomic mass is 10.2. The Morgan fingerprint density at radius 3 is 2.93 bits per heavy atom. The molecule has 1 aromatic carbocycles. The Bertz CT molecular complexity index is 355. The number of amides is 1. The van der Waals surface area contributed by atoms with Gasteiger partial charge >= 0.3 is 0 Å². The first-order chi connectivity index (χ1) is 7.13. The van der Waals surface area contributed by atoms with Crippen LogP contribution in [0.4, 0.5) is 0 Å². The molecule has 15 heavy (non-hydrogen) atoms. The van der Waals surface area contributed by atoms with Gasteiger partial charge in [0.25, 0.3) is 0 Å². The van der Waals surface area contributed by atoms with E-state index in [0.29, 0.717) is 6.61 Å². The number of hydrazine groups is 1. The minimum atomic E-state index is -0.238. The molecule has 0 aliphatic heterocycles. The average Bonchev–Trinajstić information content (AvgIpc) is 2.21. The molecule has 5 heteroatoms. The van der Waals surface area contributed by atoms with E-state index in [9.17, 15) is 4.79 Å². The molecule has 82 valence electrons. The minimum Gasteiger partial charge on any atom is -0.492 e. The molecule has 1 amide bonds. The van der Waals surface area contributed by atoms with Crippen molar-refractivity contribution in [3.63, 3.8) is 0 Å². The van der Waals surface area contributed by atoms with Crippen LogP contribution < -0.4 is 16.0 Å². The van der Waals surface area contributed by atoms with Crippen LogP contribution in [0.5, 0.6) is 5.75 Å². The maximum absolute atomic E-state index is 10.8. The van der Waals surface area contributed by atoms with Crippen molar-refractivity contribution in [3.05, 3.63) is 28.2 Å². The summed E-state index contributed by atoms with van der Waals surface area (Å²) in [6.07, 6.45) is 0.247. The van der Waals surface area contributed by atoms with Gasteiger partial charge in [-0.3, -0.25) is 10.2 Å². The maximum atomic E-state index is 10.8. The SMILES string of the molecule is Cc1ccc(OCCC(=O)NN)c(Br)c1. The van der Waals surface area contributed by atoms with Crippen molar-refractivity contribution in [2.24, 2.45) is 5.84 Å². The van der Waals surface area contributed by atoms with Crippen LogP contribution in [0.25, 0.3) is 0 Å². The molecule has 1 rings (SSSR count). The molecular weight excluding hydrogens is 260 g/mol. The van der Waals surface area contributed by atoms with E-state index in [4.69, 9.17) is 10.6 Å². The quantitative estimate of drug-likeness (QED) is 0.496. The number of hydrogen-bond acceptors (Lipinski definition) is 3. The molecule has 0 fully saturated rings. The van der Waals surface area contributed by atoms with Gasteiger partial charge in [0, 0.05) is 0 Å². The smallest absolute Gasteiger partial charge is 0.237 e. The fourth-order valence-corrected chi connectivity index (χ4v) is 1.66.